The average Bonchev–Trinajstić information content (AvgIpc) is 2.56. The third kappa shape index (κ3) is 5.31. The van der Waals surface area contributed by atoms with Crippen LogP contribution in [0.2, 0.25) is 0 Å². The van der Waals surface area contributed by atoms with Gasteiger partial charge in [0.05, 0.1) is 7.11 Å². The average molecular weight is 303 g/mol. The molecule has 0 heterocycles. The van der Waals surface area contributed by atoms with E-state index in [1.165, 1.54) is 69.0 Å². The van der Waals surface area contributed by atoms with Gasteiger partial charge >= 0.3 is 0 Å². The van der Waals surface area contributed by atoms with Gasteiger partial charge in [0, 0.05) is 6.04 Å². The van der Waals surface area contributed by atoms with Crippen molar-refractivity contribution in [3.05, 3.63) is 29.3 Å². The fourth-order valence-corrected chi connectivity index (χ4v) is 3.53. The molecule has 0 aliphatic heterocycles. The van der Waals surface area contributed by atoms with Gasteiger partial charge < -0.3 is 10.1 Å². The Morgan fingerprint density at radius 3 is 2.64 bits per heavy atom. The second-order valence-corrected chi connectivity index (χ2v) is 6.61. The fraction of sp³-hybridized carbons (Fsp3) is 0.700. The molecule has 1 aromatic carbocycles. The van der Waals surface area contributed by atoms with Gasteiger partial charge in [0.1, 0.15) is 5.75 Å². The molecule has 2 nitrogen and oxygen atoms in total. The van der Waals surface area contributed by atoms with Crippen LogP contribution >= 0.6 is 0 Å². The molecule has 1 aliphatic carbocycles. The standard InChI is InChI=1S/C20H33NO/c1-3-4-5-6-7-8-9-15-21-18-13-14-19-17(16-18)11-10-12-20(19)22-2/h10-12,18,21H,3-9,13-16H2,1-2H3. The molecule has 2 heteroatoms. The van der Waals surface area contributed by atoms with E-state index in [0.29, 0.717) is 6.04 Å². The SMILES string of the molecule is CCCCCCCCCNC1CCc2c(cccc2OC)C1. The van der Waals surface area contributed by atoms with Gasteiger partial charge in [-0.1, -0.05) is 57.6 Å². The van der Waals surface area contributed by atoms with E-state index in [1.54, 1.807) is 7.11 Å². The number of benzene rings is 1. The number of hydrogen-bond donors (Lipinski definition) is 1. The minimum Gasteiger partial charge on any atom is -0.496 e. The molecule has 1 aromatic rings. The Balaban J connectivity index is 1.62. The summed E-state index contributed by atoms with van der Waals surface area (Å²) in [6.07, 6.45) is 13.3. The summed E-state index contributed by atoms with van der Waals surface area (Å²) in [5.74, 6) is 1.07. The van der Waals surface area contributed by atoms with Crippen LogP contribution in [0.5, 0.6) is 5.75 Å². The highest BCUT2D eigenvalue weighted by atomic mass is 16.5. The van der Waals surface area contributed by atoms with E-state index < -0.39 is 0 Å². The Morgan fingerprint density at radius 2 is 1.86 bits per heavy atom. The first kappa shape index (κ1) is 17.3. The highest BCUT2D eigenvalue weighted by Gasteiger charge is 2.20. The zero-order chi connectivity index (χ0) is 15.6. The van der Waals surface area contributed by atoms with Crippen LogP contribution in [0.1, 0.15) is 69.4 Å². The molecule has 1 unspecified atom stereocenters. The minimum absolute atomic E-state index is 0.652. The Labute approximate surface area is 136 Å². The molecule has 0 bridgehead atoms. The summed E-state index contributed by atoms with van der Waals surface area (Å²) in [4.78, 5) is 0. The second-order valence-electron chi connectivity index (χ2n) is 6.61. The molecular weight excluding hydrogens is 270 g/mol. The van der Waals surface area contributed by atoms with Crippen molar-refractivity contribution < 1.29 is 4.74 Å². The number of hydrogen-bond acceptors (Lipinski definition) is 2. The van der Waals surface area contributed by atoms with Crippen molar-refractivity contribution in [1.29, 1.82) is 0 Å². The first-order valence-corrected chi connectivity index (χ1v) is 9.23. The van der Waals surface area contributed by atoms with Crippen molar-refractivity contribution in [2.24, 2.45) is 0 Å². The lowest BCUT2D eigenvalue weighted by Gasteiger charge is -2.26. The van der Waals surface area contributed by atoms with Gasteiger partial charge in [-0.05, 0) is 49.4 Å². The first-order chi connectivity index (χ1) is 10.8. The smallest absolute Gasteiger partial charge is 0.122 e. The number of methoxy groups -OCH3 is 1. The number of nitrogens with one attached hydrogen (secondary N) is 1. The first-order valence-electron chi connectivity index (χ1n) is 9.23. The Kier molecular flexibility index (Phi) is 7.79. The lowest BCUT2D eigenvalue weighted by Crippen LogP contribution is -2.35. The Morgan fingerprint density at radius 1 is 1.09 bits per heavy atom. The highest BCUT2D eigenvalue weighted by molar-refractivity contribution is 5.42. The summed E-state index contributed by atoms with van der Waals surface area (Å²) < 4.78 is 5.48. The Hall–Kier alpha value is -1.02. The predicted molar refractivity (Wildman–Crippen MR) is 94.8 cm³/mol. The molecular formula is C20H33NO. The summed E-state index contributed by atoms with van der Waals surface area (Å²) in [6, 6.07) is 7.13. The summed E-state index contributed by atoms with van der Waals surface area (Å²) in [5, 5.41) is 3.76. The summed E-state index contributed by atoms with van der Waals surface area (Å²) in [7, 11) is 1.78. The van der Waals surface area contributed by atoms with E-state index >= 15 is 0 Å². The van der Waals surface area contributed by atoms with E-state index in [1.807, 2.05) is 0 Å². The molecule has 0 spiro atoms. The van der Waals surface area contributed by atoms with Crippen LogP contribution in [0.25, 0.3) is 0 Å². The van der Waals surface area contributed by atoms with Gasteiger partial charge in [-0.3, -0.25) is 0 Å². The molecule has 0 saturated heterocycles. The lowest BCUT2D eigenvalue weighted by atomic mass is 9.87. The molecule has 124 valence electrons. The molecule has 0 radical (unpaired) electrons. The van der Waals surface area contributed by atoms with Crippen LogP contribution in [0.3, 0.4) is 0 Å². The maximum absolute atomic E-state index is 5.48. The molecule has 1 N–H and O–H groups in total. The van der Waals surface area contributed by atoms with Crippen molar-refractivity contribution in [2.45, 2.75) is 77.2 Å². The van der Waals surface area contributed by atoms with Gasteiger partial charge in [0.15, 0.2) is 0 Å². The highest BCUT2D eigenvalue weighted by Crippen LogP contribution is 2.29. The summed E-state index contributed by atoms with van der Waals surface area (Å²) >= 11 is 0. The van der Waals surface area contributed by atoms with Crippen molar-refractivity contribution in [3.8, 4) is 5.75 Å². The van der Waals surface area contributed by atoms with E-state index in [0.717, 1.165) is 18.6 Å². The van der Waals surface area contributed by atoms with Crippen LogP contribution in [-0.4, -0.2) is 19.7 Å². The number of ether oxygens (including phenoxy) is 1. The van der Waals surface area contributed by atoms with E-state index in [4.69, 9.17) is 4.74 Å². The predicted octanol–water partition coefficient (Wildman–Crippen LogP) is 4.89. The maximum Gasteiger partial charge on any atom is 0.122 e. The summed E-state index contributed by atoms with van der Waals surface area (Å²) in [6.45, 7) is 3.46. The van der Waals surface area contributed by atoms with E-state index in [9.17, 15) is 0 Å². The molecule has 1 atom stereocenters. The molecule has 0 fully saturated rings. The third-order valence-electron chi connectivity index (χ3n) is 4.87. The van der Waals surface area contributed by atoms with Crippen molar-refractivity contribution in [1.82, 2.24) is 5.32 Å². The number of fused-ring (bicyclic) bond motifs is 1. The van der Waals surface area contributed by atoms with Crippen LogP contribution in [0.4, 0.5) is 0 Å². The van der Waals surface area contributed by atoms with Crippen molar-refractivity contribution >= 4 is 0 Å². The van der Waals surface area contributed by atoms with E-state index in [2.05, 4.69) is 30.4 Å². The molecule has 22 heavy (non-hydrogen) atoms. The number of unbranched alkanes of at least 4 members (excludes halogenated alkanes) is 6. The van der Waals surface area contributed by atoms with E-state index in [-0.39, 0.29) is 0 Å². The van der Waals surface area contributed by atoms with Crippen LogP contribution < -0.4 is 10.1 Å². The fourth-order valence-electron chi connectivity index (χ4n) is 3.53. The van der Waals surface area contributed by atoms with Gasteiger partial charge in [-0.15, -0.1) is 0 Å². The Bertz CT molecular complexity index is 430. The molecule has 2 rings (SSSR count). The number of rotatable bonds is 10. The monoisotopic (exact) mass is 303 g/mol. The van der Waals surface area contributed by atoms with Gasteiger partial charge in [0.25, 0.3) is 0 Å². The maximum atomic E-state index is 5.48. The van der Waals surface area contributed by atoms with Gasteiger partial charge in [0.2, 0.25) is 0 Å². The van der Waals surface area contributed by atoms with Gasteiger partial charge in [-0.2, -0.15) is 0 Å². The lowest BCUT2D eigenvalue weighted by molar-refractivity contribution is 0.396. The molecule has 1 aliphatic rings. The molecule has 0 aromatic heterocycles. The zero-order valence-electron chi connectivity index (χ0n) is 14.5. The normalized spacial score (nSPS) is 17.3. The van der Waals surface area contributed by atoms with Crippen LogP contribution in [0, 0.1) is 0 Å². The summed E-state index contributed by atoms with van der Waals surface area (Å²) in [5.41, 5.74) is 2.90. The van der Waals surface area contributed by atoms with Gasteiger partial charge in [-0.25, -0.2) is 0 Å². The second kappa shape index (κ2) is 9.89. The van der Waals surface area contributed by atoms with Crippen LogP contribution in [-0.2, 0) is 12.8 Å². The zero-order valence-corrected chi connectivity index (χ0v) is 14.5. The molecule has 0 saturated carbocycles. The van der Waals surface area contributed by atoms with Crippen molar-refractivity contribution in [3.63, 3.8) is 0 Å². The quantitative estimate of drug-likeness (QED) is 0.621. The van der Waals surface area contributed by atoms with Crippen molar-refractivity contribution in [2.75, 3.05) is 13.7 Å². The third-order valence-corrected chi connectivity index (χ3v) is 4.87. The largest absolute Gasteiger partial charge is 0.496 e. The minimum atomic E-state index is 0.652. The van der Waals surface area contributed by atoms with Crippen LogP contribution in [0.15, 0.2) is 18.2 Å². The molecule has 0 amide bonds. The topological polar surface area (TPSA) is 21.3 Å².